The standard InChI is InChI=1S/C23H25ClN6O3/c1-15-20(14-26-22(31)19-8-7-18(32-2)13-25-19)28-23(30-9-11-33-12-10-30)29-21(15)27-17-5-3-16(24)4-6-17/h3-8,13H,9-12,14H2,1-2H3,(H,26,31)(H,27,28,29). The lowest BCUT2D eigenvalue weighted by Crippen LogP contribution is -2.38. The number of nitrogens with one attached hydrogen (secondary N) is 2. The fourth-order valence-electron chi connectivity index (χ4n) is 3.31. The van der Waals surface area contributed by atoms with Crippen LogP contribution in [0.3, 0.4) is 0 Å². The van der Waals surface area contributed by atoms with Crippen molar-refractivity contribution in [2.24, 2.45) is 0 Å². The third-order valence-electron chi connectivity index (χ3n) is 5.26. The average Bonchev–Trinajstić information content (AvgIpc) is 2.86. The van der Waals surface area contributed by atoms with Crippen molar-refractivity contribution in [3.05, 3.63) is 64.6 Å². The number of methoxy groups -OCH3 is 1. The van der Waals surface area contributed by atoms with Gasteiger partial charge >= 0.3 is 0 Å². The largest absolute Gasteiger partial charge is 0.495 e. The number of hydrogen-bond acceptors (Lipinski definition) is 8. The van der Waals surface area contributed by atoms with E-state index in [1.807, 2.05) is 31.2 Å². The van der Waals surface area contributed by atoms with Crippen LogP contribution in [0.1, 0.15) is 21.7 Å². The Hall–Kier alpha value is -3.43. The van der Waals surface area contributed by atoms with Gasteiger partial charge in [0, 0.05) is 29.4 Å². The van der Waals surface area contributed by atoms with Crippen LogP contribution in [-0.2, 0) is 11.3 Å². The molecule has 0 aliphatic carbocycles. The smallest absolute Gasteiger partial charge is 0.270 e. The number of halogens is 1. The molecular formula is C23H25ClN6O3. The summed E-state index contributed by atoms with van der Waals surface area (Å²) < 4.78 is 10.6. The number of amides is 1. The van der Waals surface area contributed by atoms with Crippen LogP contribution in [0, 0.1) is 6.92 Å². The van der Waals surface area contributed by atoms with Crippen LogP contribution in [-0.4, -0.2) is 54.3 Å². The molecule has 0 unspecified atom stereocenters. The Labute approximate surface area is 197 Å². The lowest BCUT2D eigenvalue weighted by atomic mass is 10.2. The van der Waals surface area contributed by atoms with Crippen molar-refractivity contribution >= 4 is 35.0 Å². The zero-order valence-electron chi connectivity index (χ0n) is 18.5. The molecule has 3 aromatic rings. The second-order valence-electron chi connectivity index (χ2n) is 7.44. The van der Waals surface area contributed by atoms with Crippen molar-refractivity contribution in [1.29, 1.82) is 0 Å². The van der Waals surface area contributed by atoms with Gasteiger partial charge in [-0.05, 0) is 43.3 Å². The predicted octanol–water partition coefficient (Wildman–Crippen LogP) is 3.35. The summed E-state index contributed by atoms with van der Waals surface area (Å²) in [7, 11) is 1.55. The van der Waals surface area contributed by atoms with E-state index >= 15 is 0 Å². The number of hydrogen-bond donors (Lipinski definition) is 2. The average molecular weight is 469 g/mol. The van der Waals surface area contributed by atoms with Gasteiger partial charge in [0.1, 0.15) is 17.3 Å². The fraction of sp³-hybridized carbons (Fsp3) is 0.304. The lowest BCUT2D eigenvalue weighted by molar-refractivity contribution is 0.0945. The van der Waals surface area contributed by atoms with Gasteiger partial charge in [-0.1, -0.05) is 11.6 Å². The minimum atomic E-state index is -0.296. The highest BCUT2D eigenvalue weighted by Crippen LogP contribution is 2.25. The quantitative estimate of drug-likeness (QED) is 0.544. The van der Waals surface area contributed by atoms with Crippen molar-refractivity contribution in [3.63, 3.8) is 0 Å². The molecule has 4 rings (SSSR count). The van der Waals surface area contributed by atoms with E-state index in [1.165, 1.54) is 6.20 Å². The number of rotatable bonds is 7. The molecule has 0 saturated carbocycles. The SMILES string of the molecule is COc1ccc(C(=O)NCc2nc(N3CCOCC3)nc(Nc3ccc(Cl)cc3)c2C)nc1. The van der Waals surface area contributed by atoms with Gasteiger partial charge in [-0.25, -0.2) is 9.97 Å². The van der Waals surface area contributed by atoms with E-state index in [2.05, 4.69) is 20.5 Å². The first kappa shape index (κ1) is 22.8. The van der Waals surface area contributed by atoms with Crippen LogP contribution in [0.5, 0.6) is 5.75 Å². The highest BCUT2D eigenvalue weighted by atomic mass is 35.5. The number of anilines is 3. The molecule has 1 fully saturated rings. The molecule has 1 aliphatic rings. The summed E-state index contributed by atoms with van der Waals surface area (Å²) in [4.78, 5) is 28.3. The molecule has 0 bridgehead atoms. The molecule has 1 amide bonds. The second-order valence-corrected chi connectivity index (χ2v) is 7.88. The number of nitrogens with zero attached hydrogens (tertiary/aromatic N) is 4. The highest BCUT2D eigenvalue weighted by molar-refractivity contribution is 6.30. The highest BCUT2D eigenvalue weighted by Gasteiger charge is 2.19. The molecule has 1 saturated heterocycles. The predicted molar refractivity (Wildman–Crippen MR) is 126 cm³/mol. The van der Waals surface area contributed by atoms with E-state index in [-0.39, 0.29) is 12.5 Å². The number of aromatic nitrogens is 3. The van der Waals surface area contributed by atoms with E-state index in [0.29, 0.717) is 60.2 Å². The van der Waals surface area contributed by atoms with Crippen molar-refractivity contribution in [3.8, 4) is 5.75 Å². The van der Waals surface area contributed by atoms with Gasteiger partial charge in [0.05, 0.1) is 38.8 Å². The van der Waals surface area contributed by atoms with Crippen molar-refractivity contribution in [1.82, 2.24) is 20.3 Å². The number of ether oxygens (including phenoxy) is 2. The molecule has 172 valence electrons. The Morgan fingerprint density at radius 2 is 1.91 bits per heavy atom. The van der Waals surface area contributed by atoms with Crippen LogP contribution in [0.15, 0.2) is 42.6 Å². The van der Waals surface area contributed by atoms with Gasteiger partial charge < -0.3 is 25.0 Å². The zero-order valence-corrected chi connectivity index (χ0v) is 19.2. The van der Waals surface area contributed by atoms with Crippen molar-refractivity contribution < 1.29 is 14.3 Å². The van der Waals surface area contributed by atoms with Crippen molar-refractivity contribution in [2.45, 2.75) is 13.5 Å². The van der Waals surface area contributed by atoms with E-state index in [4.69, 9.17) is 31.0 Å². The third-order valence-corrected chi connectivity index (χ3v) is 5.51. The first-order chi connectivity index (χ1) is 16.0. The number of benzene rings is 1. The second kappa shape index (κ2) is 10.5. The van der Waals surface area contributed by atoms with Crippen LogP contribution < -0.4 is 20.3 Å². The zero-order chi connectivity index (χ0) is 23.2. The number of pyridine rings is 1. The number of morpholine rings is 1. The van der Waals surface area contributed by atoms with Gasteiger partial charge in [0.2, 0.25) is 5.95 Å². The van der Waals surface area contributed by atoms with Gasteiger partial charge in [-0.2, -0.15) is 4.98 Å². The Balaban J connectivity index is 1.57. The van der Waals surface area contributed by atoms with Gasteiger partial charge in [0.15, 0.2) is 0 Å². The molecule has 0 spiro atoms. The van der Waals surface area contributed by atoms with Crippen molar-refractivity contribution in [2.75, 3.05) is 43.6 Å². The molecule has 2 N–H and O–H groups in total. The van der Waals surface area contributed by atoms with Crippen LogP contribution in [0.2, 0.25) is 5.02 Å². The number of carbonyl (C=O) groups is 1. The van der Waals surface area contributed by atoms with Crippen LogP contribution in [0.25, 0.3) is 0 Å². The first-order valence-electron chi connectivity index (χ1n) is 10.5. The molecule has 0 radical (unpaired) electrons. The maximum atomic E-state index is 12.6. The maximum Gasteiger partial charge on any atom is 0.270 e. The molecule has 3 heterocycles. The van der Waals surface area contributed by atoms with E-state index in [1.54, 1.807) is 19.2 Å². The molecule has 1 aromatic carbocycles. The summed E-state index contributed by atoms with van der Waals surface area (Å²) in [5.41, 5.74) is 2.71. The van der Waals surface area contributed by atoms with Crippen LogP contribution >= 0.6 is 11.6 Å². The Bertz CT molecular complexity index is 1100. The molecule has 0 atom stereocenters. The van der Waals surface area contributed by atoms with Gasteiger partial charge in [-0.3, -0.25) is 4.79 Å². The van der Waals surface area contributed by atoms with E-state index < -0.39 is 0 Å². The normalized spacial score (nSPS) is 13.5. The Morgan fingerprint density at radius 3 is 2.58 bits per heavy atom. The Kier molecular flexibility index (Phi) is 7.21. The molecule has 33 heavy (non-hydrogen) atoms. The summed E-state index contributed by atoms with van der Waals surface area (Å²) in [6, 6.07) is 10.7. The van der Waals surface area contributed by atoms with Gasteiger partial charge in [0.25, 0.3) is 5.91 Å². The number of carbonyl (C=O) groups excluding carboxylic acids is 1. The molecule has 10 heteroatoms. The fourth-order valence-corrected chi connectivity index (χ4v) is 3.43. The summed E-state index contributed by atoms with van der Waals surface area (Å²) in [5, 5.41) is 6.90. The summed E-state index contributed by atoms with van der Waals surface area (Å²) in [6.45, 7) is 4.79. The molecule has 2 aromatic heterocycles. The minimum Gasteiger partial charge on any atom is -0.495 e. The summed E-state index contributed by atoms with van der Waals surface area (Å²) >= 11 is 6.01. The van der Waals surface area contributed by atoms with Gasteiger partial charge in [-0.15, -0.1) is 0 Å². The lowest BCUT2D eigenvalue weighted by Gasteiger charge is -2.28. The molecule has 9 nitrogen and oxygen atoms in total. The first-order valence-corrected chi connectivity index (χ1v) is 10.9. The summed E-state index contributed by atoms with van der Waals surface area (Å²) in [5.74, 6) is 1.55. The molecule has 1 aliphatic heterocycles. The minimum absolute atomic E-state index is 0.230. The summed E-state index contributed by atoms with van der Waals surface area (Å²) in [6.07, 6.45) is 1.51. The topological polar surface area (TPSA) is 102 Å². The monoisotopic (exact) mass is 468 g/mol. The molecular weight excluding hydrogens is 444 g/mol. The Morgan fingerprint density at radius 1 is 1.15 bits per heavy atom. The third kappa shape index (κ3) is 5.68. The van der Waals surface area contributed by atoms with Crippen LogP contribution in [0.4, 0.5) is 17.5 Å². The van der Waals surface area contributed by atoms with E-state index in [9.17, 15) is 4.79 Å². The van der Waals surface area contributed by atoms with E-state index in [0.717, 1.165) is 11.3 Å². The maximum absolute atomic E-state index is 12.6.